The molecular weight excluding hydrogens is 739 g/mol. The van der Waals surface area contributed by atoms with Crippen molar-refractivity contribution in [2.24, 2.45) is 0 Å². The topological polar surface area (TPSA) is 195 Å². The summed E-state index contributed by atoms with van der Waals surface area (Å²) in [7, 11) is 0. The van der Waals surface area contributed by atoms with E-state index >= 15 is 0 Å². The van der Waals surface area contributed by atoms with Gasteiger partial charge in [-0.05, 0) is 73.9 Å². The molecule has 56 heavy (non-hydrogen) atoms. The number of carbonyl (C=O) groups excluding carboxylic acids is 2. The van der Waals surface area contributed by atoms with Gasteiger partial charge in [0.25, 0.3) is 5.91 Å². The van der Waals surface area contributed by atoms with Crippen LogP contribution < -0.4 is 35.5 Å². The van der Waals surface area contributed by atoms with Gasteiger partial charge in [-0.3, -0.25) is 4.79 Å². The Labute approximate surface area is 320 Å². The van der Waals surface area contributed by atoms with Gasteiger partial charge in [0.2, 0.25) is 11.9 Å². The van der Waals surface area contributed by atoms with Crippen molar-refractivity contribution in [1.82, 2.24) is 25.6 Å². The largest absolute Gasteiger partial charge is 0.494 e. The van der Waals surface area contributed by atoms with E-state index in [1.165, 1.54) is 18.2 Å². The van der Waals surface area contributed by atoms with Crippen LogP contribution in [-0.4, -0.2) is 76.6 Å². The first kappa shape index (κ1) is 40.8. The maximum absolute atomic E-state index is 13.5. The SMILES string of the molecule is O=C(NCCCC(NC(=O)c1ccc2cc1OCCCCCCOc1ccc(cc1)CNc1nc(nc(OCC(F)(F)F)n1)N2)C(=O)O)OCc1ccccc1. The van der Waals surface area contributed by atoms with E-state index in [0.717, 1.165) is 30.4 Å². The van der Waals surface area contributed by atoms with Gasteiger partial charge in [-0.1, -0.05) is 42.5 Å². The molecule has 2 aliphatic rings. The van der Waals surface area contributed by atoms with Gasteiger partial charge in [-0.15, -0.1) is 0 Å². The van der Waals surface area contributed by atoms with Crippen molar-refractivity contribution in [1.29, 1.82) is 0 Å². The van der Waals surface area contributed by atoms with E-state index in [1.807, 2.05) is 54.6 Å². The number of hydrogen-bond donors (Lipinski definition) is 5. The monoisotopic (exact) mass is 781 g/mol. The number of alkyl halides is 3. The average Bonchev–Trinajstić information content (AvgIpc) is 3.18. The first-order valence-corrected chi connectivity index (χ1v) is 17.9. The Hall–Kier alpha value is -6.33. The molecule has 6 bridgehead atoms. The Morgan fingerprint density at radius 2 is 1.62 bits per heavy atom. The van der Waals surface area contributed by atoms with Gasteiger partial charge in [0.15, 0.2) is 6.61 Å². The smallest absolute Gasteiger partial charge is 0.422 e. The maximum Gasteiger partial charge on any atom is 0.422 e. The van der Waals surface area contributed by atoms with Crippen molar-refractivity contribution in [3.8, 4) is 17.5 Å². The number of anilines is 3. The highest BCUT2D eigenvalue weighted by Gasteiger charge is 2.29. The summed E-state index contributed by atoms with van der Waals surface area (Å²) in [6, 6.07) is 18.9. The Morgan fingerprint density at radius 1 is 0.893 bits per heavy atom. The zero-order valence-corrected chi connectivity index (χ0v) is 30.3. The summed E-state index contributed by atoms with van der Waals surface area (Å²) in [4.78, 5) is 50.0. The lowest BCUT2D eigenvalue weighted by Gasteiger charge is -2.18. The molecule has 2 aliphatic heterocycles. The van der Waals surface area contributed by atoms with Gasteiger partial charge in [-0.2, -0.15) is 28.1 Å². The molecular formula is C38H42F3N7O8. The standard InChI is InChI=1S/C38H42F3N7O8/c39-38(40,41)24-56-36-47-34-43-22-25-12-15-28(16-13-25)53-19-6-1-2-7-20-54-31-21-27(44-35(46-34)48-36)14-17-29(31)32(49)45-30(33(50)51)11-8-18-42-37(52)55-23-26-9-4-3-5-10-26/h3-5,9-10,12-17,21,30H,1-2,6-8,11,18-20,22-24H2,(H,42,52)(H,45,49)(H,50,51)(H2,43,44,46,47,48). The zero-order valence-electron chi connectivity index (χ0n) is 30.3. The highest BCUT2D eigenvalue weighted by atomic mass is 19.4. The van der Waals surface area contributed by atoms with Crippen LogP contribution in [0.2, 0.25) is 0 Å². The van der Waals surface area contributed by atoms with Crippen LogP contribution in [0, 0.1) is 0 Å². The van der Waals surface area contributed by atoms with Crippen molar-refractivity contribution in [2.75, 3.05) is 37.0 Å². The number of alkyl carbamates (subject to hydrolysis) is 1. The van der Waals surface area contributed by atoms with E-state index in [-0.39, 0.29) is 62.4 Å². The number of carboxylic acids is 1. The molecule has 0 radical (unpaired) electrons. The van der Waals surface area contributed by atoms with Gasteiger partial charge >= 0.3 is 24.2 Å². The quantitative estimate of drug-likeness (QED) is 0.105. The van der Waals surface area contributed by atoms with Crippen LogP contribution in [0.5, 0.6) is 17.5 Å². The van der Waals surface area contributed by atoms with Crippen molar-refractivity contribution < 1.29 is 51.6 Å². The zero-order chi connectivity index (χ0) is 39.8. The molecule has 3 aromatic carbocycles. The van der Waals surface area contributed by atoms with Gasteiger partial charge in [0, 0.05) is 24.8 Å². The third-order valence-corrected chi connectivity index (χ3v) is 8.16. The number of aliphatic carboxylic acids is 1. The molecule has 18 heteroatoms. The fraction of sp³-hybridized carbons (Fsp3) is 0.368. The molecule has 0 saturated heterocycles. The van der Waals surface area contributed by atoms with Gasteiger partial charge < -0.3 is 45.3 Å². The van der Waals surface area contributed by atoms with Gasteiger partial charge in [0.05, 0.1) is 18.8 Å². The number of nitrogens with zero attached hydrogens (tertiary/aromatic N) is 3. The number of amides is 2. The lowest BCUT2D eigenvalue weighted by atomic mass is 10.1. The normalized spacial score (nSPS) is 13.9. The van der Waals surface area contributed by atoms with Crippen LogP contribution >= 0.6 is 0 Å². The number of benzene rings is 3. The number of hydrogen-bond acceptors (Lipinski definition) is 12. The van der Waals surface area contributed by atoms with Crippen molar-refractivity contribution >= 4 is 35.6 Å². The Bertz CT molecular complexity index is 1900. The number of rotatable bonds is 11. The van der Waals surface area contributed by atoms with Crippen LogP contribution in [-0.2, 0) is 22.7 Å². The fourth-order valence-electron chi connectivity index (χ4n) is 5.32. The number of carboxylic acid groups (broad SMARTS) is 1. The second-order valence-electron chi connectivity index (χ2n) is 12.6. The molecule has 298 valence electrons. The Kier molecular flexibility index (Phi) is 14.9. The number of aromatic nitrogens is 3. The molecule has 1 atom stereocenters. The molecule has 2 amide bonds. The van der Waals surface area contributed by atoms with Crippen molar-refractivity contribution in [2.45, 2.75) is 63.9 Å². The fourth-order valence-corrected chi connectivity index (χ4v) is 5.32. The molecule has 3 heterocycles. The molecule has 1 aromatic heterocycles. The highest BCUT2D eigenvalue weighted by Crippen LogP contribution is 2.27. The predicted molar refractivity (Wildman–Crippen MR) is 197 cm³/mol. The second-order valence-corrected chi connectivity index (χ2v) is 12.6. The number of fused-ring (bicyclic) bond motifs is 10. The van der Waals surface area contributed by atoms with E-state index in [2.05, 4.69) is 36.2 Å². The summed E-state index contributed by atoms with van der Waals surface area (Å²) >= 11 is 0. The minimum absolute atomic E-state index is 0.00128. The average molecular weight is 782 g/mol. The molecule has 0 saturated carbocycles. The van der Waals surface area contributed by atoms with E-state index in [4.69, 9.17) is 18.9 Å². The molecule has 0 fully saturated rings. The van der Waals surface area contributed by atoms with Crippen LogP contribution in [0.15, 0.2) is 72.8 Å². The van der Waals surface area contributed by atoms with E-state index in [1.54, 1.807) is 0 Å². The number of ether oxygens (including phenoxy) is 4. The number of carbonyl (C=O) groups is 3. The third kappa shape index (κ3) is 13.8. The van der Waals surface area contributed by atoms with Gasteiger partial charge in [-0.25, -0.2) is 9.59 Å². The first-order chi connectivity index (χ1) is 27.0. The van der Waals surface area contributed by atoms with Crippen LogP contribution in [0.1, 0.15) is 60.0 Å². The summed E-state index contributed by atoms with van der Waals surface area (Å²) in [5, 5.41) is 20.8. The molecule has 6 rings (SSSR count). The summed E-state index contributed by atoms with van der Waals surface area (Å²) in [6.45, 7) is -0.500. The lowest BCUT2D eigenvalue weighted by Crippen LogP contribution is -2.41. The highest BCUT2D eigenvalue weighted by molar-refractivity contribution is 5.99. The Morgan fingerprint density at radius 3 is 2.36 bits per heavy atom. The van der Waals surface area contributed by atoms with Crippen LogP contribution in [0.4, 0.5) is 35.5 Å². The lowest BCUT2D eigenvalue weighted by molar-refractivity contribution is -0.154. The van der Waals surface area contributed by atoms with Gasteiger partial charge in [0.1, 0.15) is 24.1 Å². The summed E-state index contributed by atoms with van der Waals surface area (Å²) < 4.78 is 60.8. The molecule has 1 unspecified atom stereocenters. The summed E-state index contributed by atoms with van der Waals surface area (Å²) in [6.07, 6.45) is -1.99. The molecule has 15 nitrogen and oxygen atoms in total. The van der Waals surface area contributed by atoms with Crippen molar-refractivity contribution in [3.63, 3.8) is 0 Å². The summed E-state index contributed by atoms with van der Waals surface area (Å²) in [5.41, 5.74) is 1.97. The molecule has 5 N–H and O–H groups in total. The second kappa shape index (κ2) is 20.4. The van der Waals surface area contributed by atoms with E-state index in [9.17, 15) is 32.7 Å². The summed E-state index contributed by atoms with van der Waals surface area (Å²) in [5.74, 6) is -1.44. The van der Waals surface area contributed by atoms with Crippen molar-refractivity contribution in [3.05, 3.63) is 89.5 Å². The number of nitrogens with one attached hydrogen (secondary N) is 4. The third-order valence-electron chi connectivity index (χ3n) is 8.16. The molecule has 4 aromatic rings. The minimum Gasteiger partial charge on any atom is -0.494 e. The maximum atomic E-state index is 13.5. The predicted octanol–water partition coefficient (Wildman–Crippen LogP) is 6.39. The van der Waals surface area contributed by atoms with Crippen LogP contribution in [0.3, 0.4) is 0 Å². The van der Waals surface area contributed by atoms with E-state index in [0.29, 0.717) is 24.5 Å². The molecule has 0 aliphatic carbocycles. The molecule has 0 spiro atoms. The van der Waals surface area contributed by atoms with E-state index < -0.39 is 42.8 Å². The first-order valence-electron chi connectivity index (χ1n) is 17.9. The number of halogens is 3. The Balaban J connectivity index is 1.28. The van der Waals surface area contributed by atoms with Crippen LogP contribution in [0.25, 0.3) is 0 Å². The minimum atomic E-state index is -4.64.